The Morgan fingerprint density at radius 2 is 2.19 bits per heavy atom. The summed E-state index contributed by atoms with van der Waals surface area (Å²) in [5.41, 5.74) is 12.8. The summed E-state index contributed by atoms with van der Waals surface area (Å²) < 4.78 is 0.979. The van der Waals surface area contributed by atoms with E-state index in [1.54, 1.807) is 0 Å². The van der Waals surface area contributed by atoms with Gasteiger partial charge in [-0.3, -0.25) is 4.79 Å². The molecule has 1 aromatic carbocycles. The van der Waals surface area contributed by atoms with Crippen LogP contribution < -0.4 is 16.4 Å². The second-order valence-electron chi connectivity index (χ2n) is 3.46. The van der Waals surface area contributed by atoms with Crippen LogP contribution in [0.3, 0.4) is 0 Å². The summed E-state index contributed by atoms with van der Waals surface area (Å²) in [6, 6.07) is 5.83. The molecule has 0 aromatic heterocycles. The predicted molar refractivity (Wildman–Crippen MR) is 69.1 cm³/mol. The van der Waals surface area contributed by atoms with Crippen LogP contribution in [0.1, 0.15) is 12.5 Å². The van der Waals surface area contributed by atoms with Crippen molar-refractivity contribution in [2.75, 3.05) is 18.0 Å². The third-order valence-corrected chi connectivity index (χ3v) is 2.82. The summed E-state index contributed by atoms with van der Waals surface area (Å²) in [6.07, 6.45) is 0. The number of benzene rings is 1. The lowest BCUT2D eigenvalue weighted by atomic mass is 10.1. The third kappa shape index (κ3) is 3.21. The highest BCUT2D eigenvalue weighted by Gasteiger charge is 2.11. The highest BCUT2D eigenvalue weighted by molar-refractivity contribution is 9.10. The maximum atomic E-state index is 10.9. The van der Waals surface area contributed by atoms with Crippen LogP contribution in [0.15, 0.2) is 22.7 Å². The Morgan fingerprint density at radius 3 is 2.69 bits per heavy atom. The van der Waals surface area contributed by atoms with Gasteiger partial charge in [-0.05, 0) is 30.7 Å². The van der Waals surface area contributed by atoms with Gasteiger partial charge in [0.25, 0.3) is 0 Å². The Bertz CT molecular complexity index is 381. The first-order valence-electron chi connectivity index (χ1n) is 5.10. The highest BCUT2D eigenvalue weighted by Crippen LogP contribution is 2.24. The van der Waals surface area contributed by atoms with E-state index < -0.39 is 0 Å². The number of carbonyl (C=O) groups excluding carboxylic acids is 1. The molecule has 4 nitrogen and oxygen atoms in total. The maximum absolute atomic E-state index is 10.9. The van der Waals surface area contributed by atoms with E-state index in [0.29, 0.717) is 6.54 Å². The summed E-state index contributed by atoms with van der Waals surface area (Å²) >= 11 is 3.39. The average Bonchev–Trinajstić information content (AvgIpc) is 2.25. The van der Waals surface area contributed by atoms with E-state index in [1.165, 1.54) is 0 Å². The minimum absolute atomic E-state index is 0.213. The molecule has 0 saturated carbocycles. The number of amides is 1. The molecule has 1 aromatic rings. The van der Waals surface area contributed by atoms with E-state index in [1.807, 2.05) is 30.0 Å². The van der Waals surface area contributed by atoms with Gasteiger partial charge in [0.15, 0.2) is 0 Å². The van der Waals surface area contributed by atoms with Gasteiger partial charge in [-0.15, -0.1) is 0 Å². The molecule has 0 spiro atoms. The van der Waals surface area contributed by atoms with Crippen molar-refractivity contribution < 1.29 is 4.79 Å². The number of carbonyl (C=O) groups is 1. The van der Waals surface area contributed by atoms with E-state index >= 15 is 0 Å². The first-order chi connectivity index (χ1) is 7.58. The number of likely N-dealkylation sites (N-methyl/N-ethyl adjacent to an activating group) is 1. The normalized spacial score (nSPS) is 10.2. The monoisotopic (exact) mass is 285 g/mol. The zero-order chi connectivity index (χ0) is 12.1. The van der Waals surface area contributed by atoms with Crippen molar-refractivity contribution in [1.82, 2.24) is 0 Å². The van der Waals surface area contributed by atoms with Crippen molar-refractivity contribution in [2.24, 2.45) is 11.5 Å². The van der Waals surface area contributed by atoms with E-state index in [9.17, 15) is 4.79 Å². The van der Waals surface area contributed by atoms with Gasteiger partial charge < -0.3 is 16.4 Å². The Morgan fingerprint density at radius 1 is 1.50 bits per heavy atom. The Hall–Kier alpha value is -1.07. The summed E-state index contributed by atoms with van der Waals surface area (Å²) in [4.78, 5) is 12.9. The number of hydrogen-bond acceptors (Lipinski definition) is 3. The van der Waals surface area contributed by atoms with Gasteiger partial charge in [0.1, 0.15) is 0 Å². The molecule has 0 heterocycles. The fraction of sp³-hybridized carbons (Fsp3) is 0.364. The van der Waals surface area contributed by atoms with Crippen molar-refractivity contribution in [3.63, 3.8) is 0 Å². The lowest BCUT2D eigenvalue weighted by Crippen LogP contribution is -2.34. The number of rotatable bonds is 5. The van der Waals surface area contributed by atoms with Crippen molar-refractivity contribution in [3.05, 3.63) is 28.2 Å². The first kappa shape index (κ1) is 13.0. The molecule has 0 aliphatic carbocycles. The second kappa shape index (κ2) is 5.86. The summed E-state index contributed by atoms with van der Waals surface area (Å²) in [7, 11) is 0. The topological polar surface area (TPSA) is 72.3 Å². The SMILES string of the molecule is CCN(CC(N)=O)c1ccc(Br)cc1CN. The van der Waals surface area contributed by atoms with E-state index in [0.717, 1.165) is 22.3 Å². The zero-order valence-corrected chi connectivity index (χ0v) is 10.8. The third-order valence-electron chi connectivity index (χ3n) is 2.33. The van der Waals surface area contributed by atoms with E-state index in [4.69, 9.17) is 11.5 Å². The molecule has 0 aliphatic heterocycles. The summed E-state index contributed by atoms with van der Waals surface area (Å²) in [5.74, 6) is -0.340. The molecular weight excluding hydrogens is 270 g/mol. The molecule has 0 fully saturated rings. The number of anilines is 1. The van der Waals surface area contributed by atoms with Crippen molar-refractivity contribution >= 4 is 27.5 Å². The molecule has 16 heavy (non-hydrogen) atoms. The maximum Gasteiger partial charge on any atom is 0.236 e. The molecule has 1 rings (SSSR count). The Kier molecular flexibility index (Phi) is 4.76. The van der Waals surface area contributed by atoms with E-state index in [-0.39, 0.29) is 12.5 Å². The molecule has 1 amide bonds. The first-order valence-corrected chi connectivity index (χ1v) is 5.89. The van der Waals surface area contributed by atoms with Crippen LogP contribution in [-0.4, -0.2) is 19.0 Å². The van der Waals surface area contributed by atoms with Crippen LogP contribution in [0.5, 0.6) is 0 Å². The van der Waals surface area contributed by atoms with Crippen LogP contribution in [0.2, 0.25) is 0 Å². The number of halogens is 1. The Labute approximate surface area is 104 Å². The molecule has 0 radical (unpaired) electrons. The van der Waals surface area contributed by atoms with Crippen molar-refractivity contribution in [2.45, 2.75) is 13.5 Å². The van der Waals surface area contributed by atoms with Gasteiger partial charge >= 0.3 is 0 Å². The van der Waals surface area contributed by atoms with Crippen LogP contribution >= 0.6 is 15.9 Å². The number of hydrogen-bond donors (Lipinski definition) is 2. The minimum Gasteiger partial charge on any atom is -0.368 e. The lowest BCUT2D eigenvalue weighted by Gasteiger charge is -2.24. The number of nitrogens with zero attached hydrogens (tertiary/aromatic N) is 1. The molecule has 5 heteroatoms. The smallest absolute Gasteiger partial charge is 0.236 e. The van der Waals surface area contributed by atoms with Crippen LogP contribution in [0, 0.1) is 0 Å². The van der Waals surface area contributed by atoms with Gasteiger partial charge in [0, 0.05) is 23.2 Å². The van der Waals surface area contributed by atoms with E-state index in [2.05, 4.69) is 15.9 Å². The Balaban J connectivity index is 3.03. The average molecular weight is 286 g/mol. The minimum atomic E-state index is -0.340. The van der Waals surface area contributed by atoms with Gasteiger partial charge in [0.2, 0.25) is 5.91 Å². The standard InChI is InChI=1S/C11H16BrN3O/c1-2-15(7-11(14)16)10-4-3-9(12)5-8(10)6-13/h3-5H,2,6-7,13H2,1H3,(H2,14,16). The molecular formula is C11H16BrN3O. The second-order valence-corrected chi connectivity index (χ2v) is 4.37. The lowest BCUT2D eigenvalue weighted by molar-refractivity contribution is -0.116. The van der Waals surface area contributed by atoms with Crippen LogP contribution in [-0.2, 0) is 11.3 Å². The molecule has 0 saturated heterocycles. The predicted octanol–water partition coefficient (Wildman–Crippen LogP) is 1.22. The largest absolute Gasteiger partial charge is 0.368 e. The molecule has 0 bridgehead atoms. The number of primary amides is 1. The fourth-order valence-electron chi connectivity index (χ4n) is 1.58. The molecule has 4 N–H and O–H groups in total. The molecule has 0 aliphatic rings. The van der Waals surface area contributed by atoms with Gasteiger partial charge in [0.05, 0.1) is 6.54 Å². The van der Waals surface area contributed by atoms with Crippen molar-refractivity contribution in [3.8, 4) is 0 Å². The van der Waals surface area contributed by atoms with Crippen LogP contribution in [0.4, 0.5) is 5.69 Å². The van der Waals surface area contributed by atoms with Gasteiger partial charge in [-0.1, -0.05) is 15.9 Å². The van der Waals surface area contributed by atoms with Crippen molar-refractivity contribution in [1.29, 1.82) is 0 Å². The fourth-order valence-corrected chi connectivity index (χ4v) is 1.99. The molecule has 0 atom stereocenters. The number of nitrogens with two attached hydrogens (primary N) is 2. The summed E-state index contributed by atoms with van der Waals surface area (Å²) in [5, 5.41) is 0. The van der Waals surface area contributed by atoms with Crippen LogP contribution in [0.25, 0.3) is 0 Å². The van der Waals surface area contributed by atoms with Gasteiger partial charge in [-0.25, -0.2) is 0 Å². The highest BCUT2D eigenvalue weighted by atomic mass is 79.9. The molecule has 88 valence electrons. The summed E-state index contributed by atoms with van der Waals surface area (Å²) in [6.45, 7) is 3.35. The quantitative estimate of drug-likeness (QED) is 0.854. The van der Waals surface area contributed by atoms with Gasteiger partial charge in [-0.2, -0.15) is 0 Å². The zero-order valence-electron chi connectivity index (χ0n) is 9.24. The molecule has 0 unspecified atom stereocenters.